The molecule has 160 valence electrons. The van der Waals surface area contributed by atoms with Crippen LogP contribution in [0.1, 0.15) is 12.5 Å². The van der Waals surface area contributed by atoms with Crippen molar-refractivity contribution in [3.63, 3.8) is 0 Å². The van der Waals surface area contributed by atoms with Gasteiger partial charge in [0.25, 0.3) is 0 Å². The number of benzene rings is 2. The summed E-state index contributed by atoms with van der Waals surface area (Å²) in [6.07, 6.45) is 3.59. The molecule has 0 radical (unpaired) electrons. The van der Waals surface area contributed by atoms with Crippen molar-refractivity contribution in [2.45, 2.75) is 13.5 Å². The van der Waals surface area contributed by atoms with Gasteiger partial charge in [-0.1, -0.05) is 54.6 Å². The molecule has 0 spiro atoms. The largest absolute Gasteiger partial charge is 0.473 e. The third-order valence-corrected chi connectivity index (χ3v) is 5.13. The molecule has 0 atom stereocenters. The summed E-state index contributed by atoms with van der Waals surface area (Å²) in [5.74, 6) is 1.19. The lowest BCUT2D eigenvalue weighted by Crippen LogP contribution is -2.49. The topological polar surface area (TPSA) is 67.8 Å². The Morgan fingerprint density at radius 3 is 2.52 bits per heavy atom. The number of rotatable bonds is 6. The van der Waals surface area contributed by atoms with Crippen molar-refractivity contribution in [1.29, 1.82) is 0 Å². The maximum atomic E-state index is 12.4. The van der Waals surface area contributed by atoms with Gasteiger partial charge in [0.15, 0.2) is 0 Å². The Labute approximate surface area is 181 Å². The Kier molecular flexibility index (Phi) is 6.62. The molecule has 0 bridgehead atoms. The summed E-state index contributed by atoms with van der Waals surface area (Å²) in [4.78, 5) is 25.6. The van der Waals surface area contributed by atoms with Gasteiger partial charge < -0.3 is 19.3 Å². The fraction of sp³-hybridized carbons (Fsp3) is 0.292. The van der Waals surface area contributed by atoms with Crippen molar-refractivity contribution in [2.75, 3.05) is 37.7 Å². The number of piperazine rings is 1. The lowest BCUT2D eigenvalue weighted by molar-refractivity contribution is 0.0940. The summed E-state index contributed by atoms with van der Waals surface area (Å²) < 4.78 is 11.3. The van der Waals surface area contributed by atoms with Gasteiger partial charge in [-0.05, 0) is 24.6 Å². The minimum Gasteiger partial charge on any atom is -0.473 e. The van der Waals surface area contributed by atoms with E-state index < -0.39 is 0 Å². The van der Waals surface area contributed by atoms with Crippen LogP contribution in [-0.4, -0.2) is 53.7 Å². The molecule has 0 aliphatic carbocycles. The van der Waals surface area contributed by atoms with Gasteiger partial charge in [-0.2, -0.15) is 4.98 Å². The molecule has 1 aliphatic rings. The van der Waals surface area contributed by atoms with Crippen molar-refractivity contribution < 1.29 is 14.3 Å². The SMILES string of the molecule is CC=CCOc1nc(N2CCN(C(=O)OCc3ccccc3)CC2)nc2ccccc12. The summed E-state index contributed by atoms with van der Waals surface area (Å²) in [6.45, 7) is 5.06. The monoisotopic (exact) mass is 418 g/mol. The molecular formula is C24H26N4O3. The van der Waals surface area contributed by atoms with E-state index in [0.29, 0.717) is 44.6 Å². The summed E-state index contributed by atoms with van der Waals surface area (Å²) in [6, 6.07) is 17.5. The smallest absolute Gasteiger partial charge is 0.410 e. The van der Waals surface area contributed by atoms with E-state index in [2.05, 4.69) is 9.88 Å². The molecular weight excluding hydrogens is 392 g/mol. The van der Waals surface area contributed by atoms with Gasteiger partial charge in [-0.25, -0.2) is 9.78 Å². The number of fused-ring (bicyclic) bond motifs is 1. The molecule has 2 aromatic carbocycles. The molecule has 1 aromatic heterocycles. The van der Waals surface area contributed by atoms with Crippen LogP contribution in [-0.2, 0) is 11.3 Å². The van der Waals surface area contributed by atoms with Gasteiger partial charge in [-0.3, -0.25) is 0 Å². The highest BCUT2D eigenvalue weighted by Gasteiger charge is 2.24. The van der Waals surface area contributed by atoms with Crippen LogP contribution in [0, 0.1) is 0 Å². The third-order valence-electron chi connectivity index (χ3n) is 5.13. The molecule has 1 fully saturated rings. The van der Waals surface area contributed by atoms with Gasteiger partial charge >= 0.3 is 6.09 Å². The van der Waals surface area contributed by atoms with Crippen LogP contribution in [0.25, 0.3) is 10.9 Å². The van der Waals surface area contributed by atoms with Crippen molar-refractivity contribution in [1.82, 2.24) is 14.9 Å². The van der Waals surface area contributed by atoms with Crippen LogP contribution in [0.3, 0.4) is 0 Å². The molecule has 3 aromatic rings. The zero-order chi connectivity index (χ0) is 21.5. The molecule has 0 unspecified atom stereocenters. The van der Waals surface area contributed by atoms with Crippen molar-refractivity contribution >= 4 is 22.9 Å². The molecule has 7 nitrogen and oxygen atoms in total. The molecule has 1 aliphatic heterocycles. The van der Waals surface area contributed by atoms with E-state index in [1.54, 1.807) is 4.90 Å². The second-order valence-electron chi connectivity index (χ2n) is 7.24. The van der Waals surface area contributed by atoms with Gasteiger partial charge in [0.1, 0.15) is 13.2 Å². The maximum absolute atomic E-state index is 12.4. The van der Waals surface area contributed by atoms with E-state index in [4.69, 9.17) is 14.5 Å². The number of allylic oxidation sites excluding steroid dienone is 1. The average molecular weight is 418 g/mol. The number of anilines is 1. The Morgan fingerprint density at radius 2 is 1.74 bits per heavy atom. The van der Waals surface area contributed by atoms with Crippen LogP contribution >= 0.6 is 0 Å². The van der Waals surface area contributed by atoms with Crippen molar-refractivity contribution in [3.8, 4) is 5.88 Å². The van der Waals surface area contributed by atoms with E-state index in [0.717, 1.165) is 16.5 Å². The molecule has 2 heterocycles. The number of hydrogen-bond donors (Lipinski definition) is 0. The van der Waals surface area contributed by atoms with Crippen LogP contribution < -0.4 is 9.64 Å². The molecule has 4 rings (SSSR count). The summed E-state index contributed by atoms with van der Waals surface area (Å²) in [5.41, 5.74) is 1.82. The lowest BCUT2D eigenvalue weighted by Gasteiger charge is -2.34. The van der Waals surface area contributed by atoms with Gasteiger partial charge in [-0.15, -0.1) is 0 Å². The highest BCUT2D eigenvalue weighted by Crippen LogP contribution is 2.26. The number of ether oxygens (including phenoxy) is 2. The quantitative estimate of drug-likeness (QED) is 0.563. The van der Waals surface area contributed by atoms with Gasteiger partial charge in [0.2, 0.25) is 11.8 Å². The minimum atomic E-state index is -0.293. The minimum absolute atomic E-state index is 0.278. The summed E-state index contributed by atoms with van der Waals surface area (Å²) in [7, 11) is 0. The van der Waals surface area contributed by atoms with Gasteiger partial charge in [0, 0.05) is 26.2 Å². The molecule has 7 heteroatoms. The number of carbonyl (C=O) groups excluding carboxylic acids is 1. The highest BCUT2D eigenvalue weighted by atomic mass is 16.6. The Morgan fingerprint density at radius 1 is 1.00 bits per heavy atom. The first-order valence-electron chi connectivity index (χ1n) is 10.5. The number of amides is 1. The second-order valence-corrected chi connectivity index (χ2v) is 7.24. The number of hydrogen-bond acceptors (Lipinski definition) is 6. The average Bonchev–Trinajstić information content (AvgIpc) is 2.83. The molecule has 0 N–H and O–H groups in total. The number of aromatic nitrogens is 2. The maximum Gasteiger partial charge on any atom is 0.410 e. The molecule has 1 saturated heterocycles. The first kappa shape index (κ1) is 20.7. The Bertz CT molecular complexity index is 1050. The molecule has 31 heavy (non-hydrogen) atoms. The third kappa shape index (κ3) is 5.12. The molecule has 0 saturated carbocycles. The van der Waals surface area contributed by atoms with E-state index in [1.807, 2.05) is 73.7 Å². The standard InChI is InChI=1S/C24H26N4O3/c1-2-3-17-30-22-20-11-7-8-12-21(20)25-23(26-22)27-13-15-28(16-14-27)24(29)31-18-19-9-5-4-6-10-19/h2-12H,13-18H2,1H3. The van der Waals surface area contributed by atoms with E-state index in [9.17, 15) is 4.79 Å². The van der Waals surface area contributed by atoms with Gasteiger partial charge in [0.05, 0.1) is 10.9 Å². The highest BCUT2D eigenvalue weighted by molar-refractivity contribution is 5.84. The predicted molar refractivity (Wildman–Crippen MR) is 120 cm³/mol. The first-order valence-corrected chi connectivity index (χ1v) is 10.5. The predicted octanol–water partition coefficient (Wildman–Crippen LogP) is 4.04. The fourth-order valence-electron chi connectivity index (χ4n) is 3.41. The van der Waals surface area contributed by atoms with Crippen LogP contribution in [0.4, 0.5) is 10.7 Å². The van der Waals surface area contributed by atoms with Crippen molar-refractivity contribution in [2.24, 2.45) is 0 Å². The van der Waals surface area contributed by atoms with E-state index in [1.165, 1.54) is 0 Å². The lowest BCUT2D eigenvalue weighted by atomic mass is 10.2. The summed E-state index contributed by atoms with van der Waals surface area (Å²) in [5, 5.41) is 0.888. The number of nitrogens with zero attached hydrogens (tertiary/aromatic N) is 4. The normalized spacial score (nSPS) is 14.2. The Hall–Kier alpha value is -3.61. The van der Waals surface area contributed by atoms with E-state index in [-0.39, 0.29) is 12.7 Å². The first-order chi connectivity index (χ1) is 15.2. The zero-order valence-corrected chi connectivity index (χ0v) is 17.6. The summed E-state index contributed by atoms with van der Waals surface area (Å²) >= 11 is 0. The number of para-hydroxylation sites is 1. The van der Waals surface area contributed by atoms with Crippen molar-refractivity contribution in [3.05, 3.63) is 72.3 Å². The van der Waals surface area contributed by atoms with E-state index >= 15 is 0 Å². The second kappa shape index (κ2) is 9.93. The molecule has 1 amide bonds. The fourth-order valence-corrected chi connectivity index (χ4v) is 3.41. The number of carbonyl (C=O) groups is 1. The zero-order valence-electron chi connectivity index (χ0n) is 17.6. The van der Waals surface area contributed by atoms with Crippen LogP contribution in [0.2, 0.25) is 0 Å². The van der Waals surface area contributed by atoms with Crippen LogP contribution in [0.5, 0.6) is 5.88 Å². The van der Waals surface area contributed by atoms with Crippen LogP contribution in [0.15, 0.2) is 66.7 Å². The Balaban J connectivity index is 1.40.